The van der Waals surface area contributed by atoms with E-state index in [-0.39, 0.29) is 5.91 Å². The van der Waals surface area contributed by atoms with Gasteiger partial charge in [0, 0.05) is 7.05 Å². The number of nitrogens with zero attached hydrogens (tertiary/aromatic N) is 2. The number of benzene rings is 1. The fraction of sp³-hybridized carbons (Fsp3) is 0.231. The highest BCUT2D eigenvalue weighted by atomic mass is 16.1. The van der Waals surface area contributed by atoms with Crippen LogP contribution in [0.15, 0.2) is 24.4 Å². The largest absolute Gasteiger partial charge is 0.383 e. The zero-order valence-electron chi connectivity index (χ0n) is 10.7. The summed E-state index contributed by atoms with van der Waals surface area (Å²) >= 11 is 0. The van der Waals surface area contributed by atoms with E-state index in [0.717, 1.165) is 16.8 Å². The highest BCUT2D eigenvalue weighted by molar-refractivity contribution is 5.98. The quantitative estimate of drug-likeness (QED) is 0.839. The lowest BCUT2D eigenvalue weighted by atomic mass is 10.1. The van der Waals surface area contributed by atoms with Gasteiger partial charge >= 0.3 is 0 Å². The standard InChI is InChI=1S/C13H16N4O/c1-8-4-9(2)6-10(5-8)17-12(14)11(7-16-17)13(18)15-3/h4-7H,14H2,1-3H3,(H,15,18). The van der Waals surface area contributed by atoms with E-state index in [1.54, 1.807) is 11.7 Å². The summed E-state index contributed by atoms with van der Waals surface area (Å²) in [5.74, 6) is 0.113. The third-order valence-corrected chi connectivity index (χ3v) is 2.73. The maximum atomic E-state index is 11.6. The van der Waals surface area contributed by atoms with Crippen molar-refractivity contribution in [3.63, 3.8) is 0 Å². The summed E-state index contributed by atoms with van der Waals surface area (Å²) < 4.78 is 1.57. The number of hydrogen-bond donors (Lipinski definition) is 2. The molecule has 0 bridgehead atoms. The van der Waals surface area contributed by atoms with Crippen LogP contribution in [0.4, 0.5) is 5.82 Å². The lowest BCUT2D eigenvalue weighted by Crippen LogP contribution is -2.19. The first-order chi connectivity index (χ1) is 8.52. The lowest BCUT2D eigenvalue weighted by molar-refractivity contribution is 0.0964. The second kappa shape index (κ2) is 4.52. The van der Waals surface area contributed by atoms with Crippen molar-refractivity contribution < 1.29 is 4.79 Å². The second-order valence-corrected chi connectivity index (χ2v) is 4.28. The first-order valence-corrected chi connectivity index (χ1v) is 5.67. The summed E-state index contributed by atoms with van der Waals surface area (Å²) in [6.45, 7) is 4.02. The molecule has 0 spiro atoms. The first kappa shape index (κ1) is 12.2. The Morgan fingerprint density at radius 2 is 1.89 bits per heavy atom. The molecule has 5 heteroatoms. The minimum Gasteiger partial charge on any atom is -0.383 e. The van der Waals surface area contributed by atoms with Gasteiger partial charge in [0.25, 0.3) is 5.91 Å². The molecule has 2 aromatic rings. The average Bonchev–Trinajstić information content (AvgIpc) is 2.69. The second-order valence-electron chi connectivity index (χ2n) is 4.28. The molecule has 0 saturated carbocycles. The molecule has 2 rings (SSSR count). The van der Waals surface area contributed by atoms with E-state index in [2.05, 4.69) is 16.5 Å². The topological polar surface area (TPSA) is 72.9 Å². The Balaban J connectivity index is 2.52. The molecule has 0 aliphatic carbocycles. The monoisotopic (exact) mass is 244 g/mol. The molecule has 94 valence electrons. The van der Waals surface area contributed by atoms with Gasteiger partial charge in [0.1, 0.15) is 11.4 Å². The molecule has 1 heterocycles. The molecule has 18 heavy (non-hydrogen) atoms. The van der Waals surface area contributed by atoms with Crippen LogP contribution in [0.3, 0.4) is 0 Å². The van der Waals surface area contributed by atoms with Gasteiger partial charge in [-0.1, -0.05) is 6.07 Å². The summed E-state index contributed by atoms with van der Waals surface area (Å²) in [7, 11) is 1.57. The zero-order chi connectivity index (χ0) is 13.3. The van der Waals surface area contributed by atoms with Crippen molar-refractivity contribution in [2.24, 2.45) is 0 Å². The summed E-state index contributed by atoms with van der Waals surface area (Å²) in [5.41, 5.74) is 9.45. The van der Waals surface area contributed by atoms with E-state index in [1.807, 2.05) is 26.0 Å². The van der Waals surface area contributed by atoms with Gasteiger partial charge in [-0.2, -0.15) is 5.10 Å². The molecule has 0 radical (unpaired) electrons. The Hall–Kier alpha value is -2.30. The van der Waals surface area contributed by atoms with Gasteiger partial charge in [-0.25, -0.2) is 4.68 Å². The van der Waals surface area contributed by atoms with Gasteiger partial charge < -0.3 is 11.1 Å². The van der Waals surface area contributed by atoms with Gasteiger partial charge in [-0.3, -0.25) is 4.79 Å². The number of anilines is 1. The molecule has 0 saturated heterocycles. The van der Waals surface area contributed by atoms with Crippen molar-refractivity contribution in [1.82, 2.24) is 15.1 Å². The minimum absolute atomic E-state index is 0.233. The van der Waals surface area contributed by atoms with E-state index >= 15 is 0 Å². The van der Waals surface area contributed by atoms with Crippen LogP contribution in [-0.4, -0.2) is 22.7 Å². The van der Waals surface area contributed by atoms with Crippen LogP contribution >= 0.6 is 0 Å². The number of nitrogen functional groups attached to an aromatic ring is 1. The number of aromatic nitrogens is 2. The first-order valence-electron chi connectivity index (χ1n) is 5.67. The molecule has 3 N–H and O–H groups in total. The number of carbonyl (C=O) groups is 1. The molecule has 0 atom stereocenters. The number of nitrogens with one attached hydrogen (secondary N) is 1. The van der Waals surface area contributed by atoms with Crippen LogP contribution in [0.25, 0.3) is 5.69 Å². The van der Waals surface area contributed by atoms with Gasteiger partial charge in [-0.15, -0.1) is 0 Å². The number of hydrogen-bond acceptors (Lipinski definition) is 3. The van der Waals surface area contributed by atoms with Crippen LogP contribution < -0.4 is 11.1 Å². The number of nitrogens with two attached hydrogens (primary N) is 1. The maximum absolute atomic E-state index is 11.6. The van der Waals surface area contributed by atoms with Gasteiger partial charge in [0.15, 0.2) is 0 Å². The van der Waals surface area contributed by atoms with E-state index in [1.165, 1.54) is 6.20 Å². The van der Waals surface area contributed by atoms with E-state index in [9.17, 15) is 4.79 Å². The molecule has 1 amide bonds. The summed E-state index contributed by atoms with van der Waals surface area (Å²) in [6.07, 6.45) is 1.48. The fourth-order valence-corrected chi connectivity index (χ4v) is 1.95. The molecule has 0 aliphatic rings. The van der Waals surface area contributed by atoms with Crippen molar-refractivity contribution in [2.45, 2.75) is 13.8 Å². The Morgan fingerprint density at radius 1 is 1.28 bits per heavy atom. The van der Waals surface area contributed by atoms with Crippen molar-refractivity contribution in [1.29, 1.82) is 0 Å². The number of amides is 1. The van der Waals surface area contributed by atoms with Gasteiger partial charge in [-0.05, 0) is 37.1 Å². The number of rotatable bonds is 2. The third-order valence-electron chi connectivity index (χ3n) is 2.73. The smallest absolute Gasteiger partial charge is 0.256 e. The maximum Gasteiger partial charge on any atom is 0.256 e. The Bertz CT molecular complexity index is 581. The highest BCUT2D eigenvalue weighted by Gasteiger charge is 2.14. The van der Waals surface area contributed by atoms with Gasteiger partial charge in [0.05, 0.1) is 11.9 Å². The van der Waals surface area contributed by atoms with Crippen molar-refractivity contribution >= 4 is 11.7 Å². The molecular formula is C13H16N4O. The van der Waals surface area contributed by atoms with E-state index in [4.69, 9.17) is 5.73 Å². The Kier molecular flexibility index (Phi) is 3.06. The van der Waals surface area contributed by atoms with E-state index in [0.29, 0.717) is 11.4 Å². The van der Waals surface area contributed by atoms with Crippen molar-refractivity contribution in [3.05, 3.63) is 41.1 Å². The number of aryl methyl sites for hydroxylation is 2. The normalized spacial score (nSPS) is 10.4. The fourth-order valence-electron chi connectivity index (χ4n) is 1.95. The molecule has 0 unspecified atom stereocenters. The van der Waals surface area contributed by atoms with Crippen LogP contribution in [0.2, 0.25) is 0 Å². The van der Waals surface area contributed by atoms with Gasteiger partial charge in [0.2, 0.25) is 0 Å². The van der Waals surface area contributed by atoms with Crippen LogP contribution in [-0.2, 0) is 0 Å². The molecule has 0 fully saturated rings. The molecule has 0 aliphatic heterocycles. The summed E-state index contributed by atoms with van der Waals surface area (Å²) in [5, 5.41) is 6.71. The lowest BCUT2D eigenvalue weighted by Gasteiger charge is -2.07. The van der Waals surface area contributed by atoms with Crippen molar-refractivity contribution in [2.75, 3.05) is 12.8 Å². The van der Waals surface area contributed by atoms with Crippen LogP contribution in [0, 0.1) is 13.8 Å². The van der Waals surface area contributed by atoms with Crippen LogP contribution in [0.1, 0.15) is 21.5 Å². The molecule has 1 aromatic carbocycles. The molecule has 1 aromatic heterocycles. The highest BCUT2D eigenvalue weighted by Crippen LogP contribution is 2.19. The van der Waals surface area contributed by atoms with Crippen LogP contribution in [0.5, 0.6) is 0 Å². The minimum atomic E-state index is -0.233. The SMILES string of the molecule is CNC(=O)c1cnn(-c2cc(C)cc(C)c2)c1N. The molecule has 5 nitrogen and oxygen atoms in total. The predicted octanol–water partition coefficient (Wildman–Crippen LogP) is 1.43. The molecular weight excluding hydrogens is 228 g/mol. The Labute approximate surface area is 106 Å². The van der Waals surface area contributed by atoms with Crippen molar-refractivity contribution in [3.8, 4) is 5.69 Å². The zero-order valence-corrected chi connectivity index (χ0v) is 10.7. The number of carbonyl (C=O) groups excluding carboxylic acids is 1. The third kappa shape index (κ3) is 2.07. The van der Waals surface area contributed by atoms with E-state index < -0.39 is 0 Å². The predicted molar refractivity (Wildman–Crippen MR) is 70.8 cm³/mol. The Morgan fingerprint density at radius 3 is 2.44 bits per heavy atom. The summed E-state index contributed by atoms with van der Waals surface area (Å²) in [6, 6.07) is 6.02. The average molecular weight is 244 g/mol. The summed E-state index contributed by atoms with van der Waals surface area (Å²) in [4.78, 5) is 11.6.